The molecule has 1 aromatic rings. The molecular formula is C13H21FN4O. The molecule has 1 N–H and O–H groups in total. The average Bonchev–Trinajstić information content (AvgIpc) is 2.37. The van der Waals surface area contributed by atoms with E-state index in [1.165, 1.54) is 17.2 Å². The second kappa shape index (κ2) is 7.04. The number of hydrogen-bond acceptors (Lipinski definition) is 4. The third kappa shape index (κ3) is 4.17. The molecule has 0 aliphatic heterocycles. The van der Waals surface area contributed by atoms with Crippen LogP contribution in [0.4, 0.5) is 10.2 Å². The van der Waals surface area contributed by atoms with Crippen molar-refractivity contribution in [3.8, 4) is 0 Å². The van der Waals surface area contributed by atoms with Gasteiger partial charge in [-0.2, -0.15) is 0 Å². The highest BCUT2D eigenvalue weighted by atomic mass is 19.1. The number of anilines is 1. The van der Waals surface area contributed by atoms with Crippen LogP contribution in [0.25, 0.3) is 0 Å². The summed E-state index contributed by atoms with van der Waals surface area (Å²) in [7, 11) is 7.20. The van der Waals surface area contributed by atoms with Crippen LogP contribution in [0.3, 0.4) is 0 Å². The zero-order chi connectivity index (χ0) is 14.4. The van der Waals surface area contributed by atoms with Crippen molar-refractivity contribution in [2.45, 2.75) is 6.42 Å². The Bertz CT molecular complexity index is 437. The molecule has 1 aromatic heterocycles. The number of pyridine rings is 1. The summed E-state index contributed by atoms with van der Waals surface area (Å²) >= 11 is 0. The van der Waals surface area contributed by atoms with E-state index in [-0.39, 0.29) is 17.3 Å². The van der Waals surface area contributed by atoms with Gasteiger partial charge in [0, 0.05) is 26.8 Å². The van der Waals surface area contributed by atoms with Crippen LogP contribution in [-0.2, 0) is 0 Å². The molecular weight excluding hydrogens is 247 g/mol. The molecule has 0 saturated heterocycles. The summed E-state index contributed by atoms with van der Waals surface area (Å²) in [6, 6.07) is 1.40. The van der Waals surface area contributed by atoms with Crippen molar-refractivity contribution in [2.24, 2.45) is 0 Å². The number of aromatic nitrogens is 1. The number of rotatable bonds is 6. The van der Waals surface area contributed by atoms with E-state index in [2.05, 4.69) is 10.3 Å². The molecule has 0 aliphatic carbocycles. The van der Waals surface area contributed by atoms with E-state index in [1.54, 1.807) is 14.1 Å². The Kier molecular flexibility index (Phi) is 5.69. The number of nitrogens with one attached hydrogen (secondary N) is 1. The van der Waals surface area contributed by atoms with E-state index < -0.39 is 5.82 Å². The van der Waals surface area contributed by atoms with Crippen LogP contribution in [0.15, 0.2) is 12.3 Å². The van der Waals surface area contributed by atoms with Gasteiger partial charge in [0.1, 0.15) is 0 Å². The van der Waals surface area contributed by atoms with Gasteiger partial charge in [0.25, 0.3) is 5.91 Å². The molecule has 1 heterocycles. The Balaban J connectivity index is 2.71. The third-order valence-electron chi connectivity index (χ3n) is 2.80. The molecule has 0 aromatic carbocycles. The smallest absolute Gasteiger partial charge is 0.256 e. The Morgan fingerprint density at radius 1 is 1.37 bits per heavy atom. The number of nitrogens with zero attached hydrogens (tertiary/aromatic N) is 3. The minimum absolute atomic E-state index is 0.0479. The van der Waals surface area contributed by atoms with E-state index in [4.69, 9.17) is 0 Å². The maximum atomic E-state index is 14.0. The predicted molar refractivity (Wildman–Crippen MR) is 73.9 cm³/mol. The first kappa shape index (κ1) is 15.4. The van der Waals surface area contributed by atoms with Crippen LogP contribution in [0.2, 0.25) is 0 Å². The minimum Gasteiger partial charge on any atom is -0.371 e. The quantitative estimate of drug-likeness (QED) is 0.844. The fraction of sp³-hybridized carbons (Fsp3) is 0.538. The van der Waals surface area contributed by atoms with Gasteiger partial charge >= 0.3 is 0 Å². The molecule has 0 spiro atoms. The third-order valence-corrected chi connectivity index (χ3v) is 2.80. The Labute approximate surface area is 113 Å². The van der Waals surface area contributed by atoms with Gasteiger partial charge in [-0.25, -0.2) is 9.37 Å². The van der Waals surface area contributed by atoms with E-state index >= 15 is 0 Å². The molecule has 0 radical (unpaired) electrons. The van der Waals surface area contributed by atoms with Crippen LogP contribution in [0, 0.1) is 5.82 Å². The van der Waals surface area contributed by atoms with E-state index in [0.717, 1.165) is 13.0 Å². The molecule has 0 unspecified atom stereocenters. The first-order valence-electron chi connectivity index (χ1n) is 6.19. The number of carbonyl (C=O) groups excluding carboxylic acids is 1. The van der Waals surface area contributed by atoms with Crippen LogP contribution in [0.5, 0.6) is 0 Å². The molecule has 0 atom stereocenters. The second-order valence-electron chi connectivity index (χ2n) is 4.65. The van der Waals surface area contributed by atoms with Crippen LogP contribution in [-0.4, -0.2) is 62.0 Å². The highest BCUT2D eigenvalue weighted by molar-refractivity contribution is 5.95. The lowest BCUT2D eigenvalue weighted by Crippen LogP contribution is -2.30. The summed E-state index contributed by atoms with van der Waals surface area (Å²) < 4.78 is 14.0. The summed E-state index contributed by atoms with van der Waals surface area (Å²) in [5.74, 6) is -0.836. The lowest BCUT2D eigenvalue weighted by Gasteiger charge is -2.19. The topological polar surface area (TPSA) is 48.5 Å². The number of halogens is 1. The van der Waals surface area contributed by atoms with E-state index in [9.17, 15) is 9.18 Å². The predicted octanol–water partition coefficient (Wildman–Crippen LogP) is 1.29. The van der Waals surface area contributed by atoms with Crippen LogP contribution >= 0.6 is 0 Å². The van der Waals surface area contributed by atoms with E-state index in [1.807, 2.05) is 19.0 Å². The molecule has 19 heavy (non-hydrogen) atoms. The minimum atomic E-state index is -0.602. The lowest BCUT2D eigenvalue weighted by atomic mass is 10.2. The summed E-state index contributed by atoms with van der Waals surface area (Å²) in [4.78, 5) is 19.5. The fourth-order valence-electron chi connectivity index (χ4n) is 1.71. The molecule has 0 fully saturated rings. The van der Waals surface area contributed by atoms with Crippen LogP contribution < -0.4 is 5.32 Å². The van der Waals surface area contributed by atoms with Crippen molar-refractivity contribution in [3.63, 3.8) is 0 Å². The first-order valence-corrected chi connectivity index (χ1v) is 6.19. The molecule has 0 aliphatic rings. The number of carbonyl (C=O) groups is 1. The van der Waals surface area contributed by atoms with Gasteiger partial charge in [-0.1, -0.05) is 0 Å². The normalized spacial score (nSPS) is 10.6. The molecule has 1 amide bonds. The maximum Gasteiger partial charge on any atom is 0.256 e. The van der Waals surface area contributed by atoms with Gasteiger partial charge in [-0.15, -0.1) is 0 Å². The van der Waals surface area contributed by atoms with Gasteiger partial charge in [-0.3, -0.25) is 4.79 Å². The van der Waals surface area contributed by atoms with Gasteiger partial charge in [0.15, 0.2) is 11.6 Å². The SMILES string of the molecule is CNc1nccc(C(=O)N(C)CCCN(C)C)c1F. The van der Waals surface area contributed by atoms with Gasteiger partial charge < -0.3 is 15.1 Å². The van der Waals surface area contributed by atoms with Gasteiger partial charge in [0.05, 0.1) is 5.56 Å². The van der Waals surface area contributed by atoms with Crippen molar-refractivity contribution < 1.29 is 9.18 Å². The van der Waals surface area contributed by atoms with Crippen LogP contribution in [0.1, 0.15) is 16.8 Å². The maximum absolute atomic E-state index is 14.0. The van der Waals surface area contributed by atoms with Gasteiger partial charge in [0.2, 0.25) is 0 Å². The Morgan fingerprint density at radius 3 is 2.63 bits per heavy atom. The molecule has 106 valence electrons. The Hall–Kier alpha value is -1.69. The standard InChI is InChI=1S/C13H21FN4O/c1-15-12-11(14)10(6-7-16-12)13(19)18(4)9-5-8-17(2)3/h6-7H,5,8-9H2,1-4H3,(H,15,16). The highest BCUT2D eigenvalue weighted by Crippen LogP contribution is 2.16. The van der Waals surface area contributed by atoms with Crippen molar-refractivity contribution in [1.29, 1.82) is 0 Å². The van der Waals surface area contributed by atoms with Crippen molar-refractivity contribution >= 4 is 11.7 Å². The summed E-state index contributed by atoms with van der Waals surface area (Å²) in [5.41, 5.74) is 0.0479. The largest absolute Gasteiger partial charge is 0.371 e. The zero-order valence-electron chi connectivity index (χ0n) is 11.9. The highest BCUT2D eigenvalue weighted by Gasteiger charge is 2.18. The first-order chi connectivity index (χ1) is 8.97. The molecule has 0 saturated carbocycles. The molecule has 6 heteroatoms. The second-order valence-corrected chi connectivity index (χ2v) is 4.65. The summed E-state index contributed by atoms with van der Waals surface area (Å²) in [6.07, 6.45) is 2.27. The van der Waals surface area contributed by atoms with E-state index in [0.29, 0.717) is 6.54 Å². The molecule has 5 nitrogen and oxygen atoms in total. The monoisotopic (exact) mass is 268 g/mol. The molecule has 0 bridgehead atoms. The van der Waals surface area contributed by atoms with Crippen molar-refractivity contribution in [1.82, 2.24) is 14.8 Å². The lowest BCUT2D eigenvalue weighted by molar-refractivity contribution is 0.0786. The fourth-order valence-corrected chi connectivity index (χ4v) is 1.71. The zero-order valence-corrected chi connectivity index (χ0v) is 11.9. The van der Waals surface area contributed by atoms with Crippen molar-refractivity contribution in [3.05, 3.63) is 23.6 Å². The summed E-state index contributed by atoms with van der Waals surface area (Å²) in [6.45, 7) is 1.48. The number of hydrogen-bond donors (Lipinski definition) is 1. The molecule has 1 rings (SSSR count). The van der Waals surface area contributed by atoms with Crippen molar-refractivity contribution in [2.75, 3.05) is 46.6 Å². The Morgan fingerprint density at radius 2 is 2.05 bits per heavy atom. The number of amides is 1. The van der Waals surface area contributed by atoms with Gasteiger partial charge in [-0.05, 0) is 33.1 Å². The average molecular weight is 268 g/mol. The summed E-state index contributed by atoms with van der Waals surface area (Å²) in [5, 5.41) is 2.62.